The summed E-state index contributed by atoms with van der Waals surface area (Å²) in [6.07, 6.45) is 1.88. The molecule has 14 heavy (non-hydrogen) atoms. The smallest absolute Gasteiger partial charge is 0.0900 e. The zero-order chi connectivity index (χ0) is 10.4. The second-order valence-electron chi connectivity index (χ2n) is 3.98. The third-order valence-corrected chi connectivity index (χ3v) is 2.53. The van der Waals surface area contributed by atoms with E-state index in [9.17, 15) is 5.11 Å². The monoisotopic (exact) mass is 202 g/mol. The van der Waals surface area contributed by atoms with E-state index in [1.54, 1.807) is 0 Å². The molecule has 1 saturated heterocycles. The molecule has 4 heteroatoms. The number of rotatable bonds is 5. The van der Waals surface area contributed by atoms with Gasteiger partial charge in [0.25, 0.3) is 0 Å². The molecule has 1 aliphatic rings. The second-order valence-corrected chi connectivity index (χ2v) is 3.98. The van der Waals surface area contributed by atoms with E-state index in [-0.39, 0.29) is 12.1 Å². The highest BCUT2D eigenvalue weighted by molar-refractivity contribution is 4.76. The molecule has 0 aliphatic carbocycles. The van der Waals surface area contributed by atoms with Gasteiger partial charge in [-0.1, -0.05) is 0 Å². The summed E-state index contributed by atoms with van der Waals surface area (Å²) in [4.78, 5) is 2.22. The third kappa shape index (κ3) is 4.37. The minimum atomic E-state index is -0.375. The molecule has 1 rings (SSSR count). The summed E-state index contributed by atoms with van der Waals surface area (Å²) in [5, 5.41) is 9.61. The van der Waals surface area contributed by atoms with E-state index in [0.717, 1.165) is 25.9 Å². The first kappa shape index (κ1) is 11.9. The first-order valence-corrected chi connectivity index (χ1v) is 5.46. The highest BCUT2D eigenvalue weighted by Gasteiger charge is 2.18. The zero-order valence-electron chi connectivity index (χ0n) is 8.98. The molecule has 0 aromatic carbocycles. The van der Waals surface area contributed by atoms with Gasteiger partial charge in [0, 0.05) is 25.7 Å². The molecule has 1 unspecified atom stereocenters. The van der Waals surface area contributed by atoms with E-state index in [1.165, 1.54) is 0 Å². The molecule has 0 radical (unpaired) electrons. The lowest BCUT2D eigenvalue weighted by Gasteiger charge is -2.31. The quantitative estimate of drug-likeness (QED) is 0.648. The van der Waals surface area contributed by atoms with Crippen LogP contribution in [0.2, 0.25) is 0 Å². The highest BCUT2D eigenvalue weighted by atomic mass is 16.5. The molecule has 2 atom stereocenters. The second kappa shape index (κ2) is 6.35. The number of aliphatic hydroxyl groups excluding tert-OH is 1. The Morgan fingerprint density at radius 1 is 1.64 bits per heavy atom. The molecule has 1 aliphatic heterocycles. The molecular weight excluding hydrogens is 180 g/mol. The van der Waals surface area contributed by atoms with Crippen LogP contribution in [0.25, 0.3) is 0 Å². The number of β-amino-alcohol motifs (C(OH)–C–C–N with tert-alkyl or cyclic N) is 1. The zero-order valence-corrected chi connectivity index (χ0v) is 8.98. The van der Waals surface area contributed by atoms with Gasteiger partial charge >= 0.3 is 0 Å². The Morgan fingerprint density at radius 3 is 3.07 bits per heavy atom. The SMILES string of the molecule is CCOCC(O)CN1CCC[C@@H](N)C1. The largest absolute Gasteiger partial charge is 0.389 e. The average Bonchev–Trinajstić information content (AvgIpc) is 2.15. The van der Waals surface area contributed by atoms with Crippen LogP contribution in [-0.4, -0.2) is 55.0 Å². The van der Waals surface area contributed by atoms with E-state index in [4.69, 9.17) is 10.5 Å². The number of nitrogens with two attached hydrogens (primary N) is 1. The number of ether oxygens (including phenoxy) is 1. The summed E-state index contributed by atoms with van der Waals surface area (Å²) in [6, 6.07) is 0.281. The lowest BCUT2D eigenvalue weighted by atomic mass is 10.1. The van der Waals surface area contributed by atoms with Gasteiger partial charge in [-0.15, -0.1) is 0 Å². The van der Waals surface area contributed by atoms with Gasteiger partial charge in [0.05, 0.1) is 12.7 Å². The fourth-order valence-electron chi connectivity index (χ4n) is 1.86. The molecule has 4 nitrogen and oxygen atoms in total. The molecule has 0 spiro atoms. The third-order valence-electron chi connectivity index (χ3n) is 2.53. The maximum Gasteiger partial charge on any atom is 0.0900 e. The predicted molar refractivity (Wildman–Crippen MR) is 56.1 cm³/mol. The van der Waals surface area contributed by atoms with Crippen molar-refractivity contribution in [2.75, 3.05) is 32.8 Å². The average molecular weight is 202 g/mol. The summed E-state index contributed by atoms with van der Waals surface area (Å²) in [6.45, 7) is 5.68. The molecule has 0 aromatic heterocycles. The summed E-state index contributed by atoms with van der Waals surface area (Å²) in [5.41, 5.74) is 5.85. The maximum atomic E-state index is 9.61. The number of hydrogen-bond acceptors (Lipinski definition) is 4. The molecule has 0 saturated carbocycles. The lowest BCUT2D eigenvalue weighted by Crippen LogP contribution is -2.46. The van der Waals surface area contributed by atoms with Crippen molar-refractivity contribution in [3.63, 3.8) is 0 Å². The van der Waals surface area contributed by atoms with Crippen molar-refractivity contribution in [1.29, 1.82) is 0 Å². The van der Waals surface area contributed by atoms with Crippen LogP contribution in [0, 0.1) is 0 Å². The van der Waals surface area contributed by atoms with Gasteiger partial charge in [-0.25, -0.2) is 0 Å². The summed E-state index contributed by atoms with van der Waals surface area (Å²) < 4.78 is 5.16. The Bertz CT molecular complexity index is 155. The van der Waals surface area contributed by atoms with Gasteiger partial charge in [0.1, 0.15) is 0 Å². The van der Waals surface area contributed by atoms with Gasteiger partial charge in [-0.3, -0.25) is 4.90 Å². The normalized spacial score (nSPS) is 26.4. The van der Waals surface area contributed by atoms with Gasteiger partial charge in [-0.05, 0) is 26.3 Å². The van der Waals surface area contributed by atoms with E-state index >= 15 is 0 Å². The van der Waals surface area contributed by atoms with Crippen molar-refractivity contribution < 1.29 is 9.84 Å². The molecule has 1 fully saturated rings. The van der Waals surface area contributed by atoms with Gasteiger partial charge < -0.3 is 15.6 Å². The van der Waals surface area contributed by atoms with Crippen molar-refractivity contribution in [3.8, 4) is 0 Å². The Hall–Kier alpha value is -0.160. The van der Waals surface area contributed by atoms with Crippen LogP contribution >= 0.6 is 0 Å². The van der Waals surface area contributed by atoms with Gasteiger partial charge in [-0.2, -0.15) is 0 Å². The van der Waals surface area contributed by atoms with Crippen LogP contribution in [0.1, 0.15) is 19.8 Å². The molecule has 1 heterocycles. The fourth-order valence-corrected chi connectivity index (χ4v) is 1.86. The number of piperidine rings is 1. The number of nitrogens with zero attached hydrogens (tertiary/aromatic N) is 1. The summed E-state index contributed by atoms with van der Waals surface area (Å²) in [5.74, 6) is 0. The maximum absolute atomic E-state index is 9.61. The van der Waals surface area contributed by atoms with E-state index in [1.807, 2.05) is 6.92 Å². The number of aliphatic hydroxyl groups is 1. The Labute approximate surface area is 86.0 Å². The minimum absolute atomic E-state index is 0.281. The van der Waals surface area contributed by atoms with Gasteiger partial charge in [0.15, 0.2) is 0 Å². The summed E-state index contributed by atoms with van der Waals surface area (Å²) in [7, 11) is 0. The van der Waals surface area contributed by atoms with Crippen molar-refractivity contribution in [1.82, 2.24) is 4.90 Å². The Morgan fingerprint density at radius 2 is 2.43 bits per heavy atom. The van der Waals surface area contributed by atoms with Crippen LogP contribution in [0.3, 0.4) is 0 Å². The van der Waals surface area contributed by atoms with Crippen molar-refractivity contribution >= 4 is 0 Å². The van der Waals surface area contributed by atoms with Crippen molar-refractivity contribution in [2.24, 2.45) is 5.73 Å². The van der Waals surface area contributed by atoms with E-state index in [0.29, 0.717) is 19.8 Å². The van der Waals surface area contributed by atoms with Crippen LogP contribution < -0.4 is 5.73 Å². The van der Waals surface area contributed by atoms with E-state index in [2.05, 4.69) is 4.90 Å². The van der Waals surface area contributed by atoms with Crippen molar-refractivity contribution in [3.05, 3.63) is 0 Å². The first-order chi connectivity index (χ1) is 6.72. The molecule has 3 N–H and O–H groups in total. The summed E-state index contributed by atoms with van der Waals surface area (Å²) >= 11 is 0. The lowest BCUT2D eigenvalue weighted by molar-refractivity contribution is 0.0164. The van der Waals surface area contributed by atoms with Crippen LogP contribution in [0.5, 0.6) is 0 Å². The Kier molecular flexibility index (Phi) is 5.40. The topological polar surface area (TPSA) is 58.7 Å². The van der Waals surface area contributed by atoms with Gasteiger partial charge in [0.2, 0.25) is 0 Å². The highest BCUT2D eigenvalue weighted by Crippen LogP contribution is 2.08. The van der Waals surface area contributed by atoms with Crippen LogP contribution in [0.15, 0.2) is 0 Å². The number of hydrogen-bond donors (Lipinski definition) is 2. The molecule has 84 valence electrons. The molecular formula is C10H22N2O2. The molecule has 0 aromatic rings. The van der Waals surface area contributed by atoms with E-state index < -0.39 is 0 Å². The number of likely N-dealkylation sites (tertiary alicyclic amines) is 1. The fraction of sp³-hybridized carbons (Fsp3) is 1.00. The Balaban J connectivity index is 2.15. The first-order valence-electron chi connectivity index (χ1n) is 5.46. The molecule has 0 bridgehead atoms. The molecule has 0 amide bonds. The van der Waals surface area contributed by atoms with Crippen LogP contribution in [-0.2, 0) is 4.74 Å². The predicted octanol–water partition coefficient (Wildman–Crippen LogP) is -0.193. The minimum Gasteiger partial charge on any atom is -0.389 e. The standard InChI is InChI=1S/C10H22N2O2/c1-2-14-8-10(13)7-12-5-3-4-9(11)6-12/h9-10,13H,2-8,11H2,1H3/t9-,10?/m1/s1. The van der Waals surface area contributed by atoms with Crippen molar-refractivity contribution in [2.45, 2.75) is 31.9 Å². The van der Waals surface area contributed by atoms with Crippen LogP contribution in [0.4, 0.5) is 0 Å².